The predicted octanol–water partition coefficient (Wildman–Crippen LogP) is 25.6. The molecule has 0 aliphatic carbocycles. The van der Waals surface area contributed by atoms with Gasteiger partial charge in [0.05, 0.1) is 0 Å². The van der Waals surface area contributed by atoms with Crippen molar-refractivity contribution in [1.82, 2.24) is 5.11 Å². The van der Waals surface area contributed by atoms with Gasteiger partial charge in [-0.1, -0.05) is 63.7 Å². The number of ether oxygens (including phenoxy) is 8. The minimum atomic E-state index is -4.77. The van der Waals surface area contributed by atoms with E-state index in [1.54, 1.807) is 0 Å². The van der Waals surface area contributed by atoms with E-state index in [9.17, 15) is 0 Å². The summed E-state index contributed by atoms with van der Waals surface area (Å²) in [5.74, 6) is 8.98. The Morgan fingerprint density at radius 2 is 0.415 bits per heavy atom. The summed E-state index contributed by atoms with van der Waals surface area (Å²) in [4.78, 5) is 34.0. The number of rotatable bonds is 16. The zero-order valence-corrected chi connectivity index (χ0v) is 70.7. The molecule has 0 fully saturated rings. The molecule has 6 bridgehead atoms. The van der Waals surface area contributed by atoms with Gasteiger partial charge >= 0.3 is 626 Å². The number of aliphatic imine (C=N–C) groups is 4. The number of benzene rings is 12. The van der Waals surface area contributed by atoms with E-state index in [1.165, 1.54) is 0 Å². The molecule has 12 aromatic carbocycles. The van der Waals surface area contributed by atoms with E-state index in [0.29, 0.717) is 158 Å². The Balaban J connectivity index is 0.975. The van der Waals surface area contributed by atoms with Crippen molar-refractivity contribution in [3.63, 3.8) is 0 Å². The molecule has 0 saturated heterocycles. The van der Waals surface area contributed by atoms with Crippen LogP contribution in [0.2, 0.25) is 0 Å². The van der Waals surface area contributed by atoms with E-state index < -0.39 is 20.8 Å². The standard InChI is InChI=1S/C80H40Br8N8O8.ClH.In/c81-41-1-17-49(18-2-41)97-65-33-57-58(34-66(65)98-50-19-3-42(82)4-20-50)74-89-73(57)93-75-59-35-67(99-51-21-5-43(83)6-22-51)68(100-52-23-7-44(84)8-24-52)36-60(59)77(90-75)95-79-63-39-71(103-55-29-13-47(87)14-30-55)72(104-56-31-15-48(88)16-32-56)40-64(63)80(92-79)96-78-62-38-70(102-54-27-11-46(86)12-28-54)69(37-61(62)76(91-78)94-74)101-53-25-9-45(85)10-26-53;;/h1-40H;1H;/q-2;;+3/p-1. The SMILES string of the molecule is [Cl][In]1[n]2c3c4cc(Oc5ccc(Br)cc5)c(Oc5ccc(Br)cc5)cc4c2N=C2N=C(N=c4c5cc(Oc6ccc(Br)cc6)c(Oc6ccc(Br)cc6)cc5c([n]41)=NC1=NC(=N3)c3cc(Oc4ccc(Br)cc4)c(Oc4ccc(Br)cc4)cc31)c1cc(Oc3ccc(Br)cc3)c(Oc3ccc(Br)cc3)cc12. The van der Waals surface area contributed by atoms with Crippen LogP contribution in [-0.4, -0.2) is 49.3 Å². The second-order valence-electron chi connectivity index (χ2n) is 24.1. The molecule has 0 spiro atoms. The maximum absolute atomic E-state index is 8.83. The Kier molecular flexibility index (Phi) is 18.8. The Bertz CT molecular complexity index is 5860. The molecule has 16 nitrogen and oxygen atoms in total. The molecule has 0 unspecified atom stereocenters. The van der Waals surface area contributed by atoms with E-state index in [2.05, 4.69) is 127 Å². The normalized spacial score (nSPS) is 12.9. The van der Waals surface area contributed by atoms with E-state index in [-0.39, 0.29) is 23.3 Å². The van der Waals surface area contributed by atoms with Gasteiger partial charge in [-0.25, -0.2) is 0 Å². The van der Waals surface area contributed by atoms with Gasteiger partial charge in [-0.2, -0.15) is 0 Å². The fourth-order valence-corrected chi connectivity index (χ4v) is 22.1. The predicted molar refractivity (Wildman–Crippen MR) is 441 cm³/mol. The van der Waals surface area contributed by atoms with Crippen molar-refractivity contribution in [2.75, 3.05) is 0 Å². The van der Waals surface area contributed by atoms with Crippen molar-refractivity contribution in [2.45, 2.75) is 0 Å². The quantitative estimate of drug-likeness (QED) is 0.0925. The van der Waals surface area contributed by atoms with Gasteiger partial charge in [0.2, 0.25) is 0 Å². The Morgan fingerprint density at radius 3 is 0.632 bits per heavy atom. The van der Waals surface area contributed by atoms with Crippen LogP contribution >= 0.6 is 136 Å². The van der Waals surface area contributed by atoms with Crippen LogP contribution in [0.4, 0.5) is 11.6 Å². The summed E-state index contributed by atoms with van der Waals surface area (Å²) < 4.78 is 66.3. The van der Waals surface area contributed by atoms with Gasteiger partial charge in [-0.05, 0) is 0 Å². The first-order chi connectivity index (χ1) is 51.6. The van der Waals surface area contributed by atoms with Crippen LogP contribution in [0.1, 0.15) is 22.3 Å². The van der Waals surface area contributed by atoms with Crippen LogP contribution in [0.15, 0.2) is 308 Å². The molecular weight excluding hydrogens is 1990 g/mol. The summed E-state index contributed by atoms with van der Waals surface area (Å²) in [6.45, 7) is 0. The summed E-state index contributed by atoms with van der Waals surface area (Å²) in [6.07, 6.45) is 0. The number of hydrogen-bond donors (Lipinski definition) is 0. The molecule has 0 N–H and O–H groups in total. The Morgan fingerprint density at radius 1 is 0.226 bits per heavy atom. The first-order valence-corrected chi connectivity index (χ1v) is 45.7. The van der Waals surface area contributed by atoms with Crippen LogP contribution in [0.5, 0.6) is 92.0 Å². The molecule has 14 aromatic rings. The van der Waals surface area contributed by atoms with Gasteiger partial charge in [0.1, 0.15) is 0 Å². The fourth-order valence-electron chi connectivity index (χ4n) is 12.3. The van der Waals surface area contributed by atoms with Crippen molar-refractivity contribution in [1.29, 1.82) is 0 Å². The average Bonchev–Trinajstić information content (AvgIpc) is 1.55. The average molecular weight is 2030 g/mol. The second kappa shape index (κ2) is 28.8. The van der Waals surface area contributed by atoms with Gasteiger partial charge in [-0.15, -0.1) is 0 Å². The zero-order valence-electron chi connectivity index (χ0n) is 53.9. The first kappa shape index (κ1) is 69.2. The molecule has 18 rings (SSSR count). The Labute approximate surface area is 682 Å². The number of nitrogens with zero attached hydrogens (tertiary/aromatic N) is 8. The van der Waals surface area contributed by atoms with Crippen LogP contribution in [0, 0.1) is 0 Å². The zero-order chi connectivity index (χ0) is 72.0. The van der Waals surface area contributed by atoms with E-state index >= 15 is 0 Å². The molecule has 2 aromatic heterocycles. The third kappa shape index (κ3) is 13.9. The second-order valence-corrected chi connectivity index (χ2v) is 38.8. The number of halogens is 9. The minimum absolute atomic E-state index is 0.274. The summed E-state index contributed by atoms with van der Waals surface area (Å²) in [6, 6.07) is 75.7. The van der Waals surface area contributed by atoms with Gasteiger partial charge in [0.25, 0.3) is 0 Å². The molecule has 106 heavy (non-hydrogen) atoms. The maximum atomic E-state index is 8.83. The molecule has 0 radical (unpaired) electrons. The van der Waals surface area contributed by atoms with Gasteiger partial charge in [0.15, 0.2) is 0 Å². The van der Waals surface area contributed by atoms with E-state index in [1.807, 2.05) is 248 Å². The Hall–Kier alpha value is -8.60. The molecule has 26 heteroatoms. The number of fused-ring (bicyclic) bond motifs is 14. The van der Waals surface area contributed by atoms with Gasteiger partial charge in [0, 0.05) is 0 Å². The summed E-state index contributed by atoms with van der Waals surface area (Å²) >= 11 is 24.1. The number of aromatic nitrogens is 2. The van der Waals surface area contributed by atoms with Crippen molar-refractivity contribution in [2.24, 2.45) is 30.0 Å². The topological polar surface area (TPSA) is 158 Å². The molecule has 4 aliphatic heterocycles. The summed E-state index contributed by atoms with van der Waals surface area (Å²) in [5.41, 5.74) is 3.01. The third-order valence-corrected chi connectivity index (χ3v) is 29.3. The monoisotopic (exact) mass is 2020 g/mol. The van der Waals surface area contributed by atoms with Crippen molar-refractivity contribution >= 4 is 213 Å². The molecule has 0 saturated carbocycles. The van der Waals surface area contributed by atoms with E-state index in [0.717, 1.165) is 35.8 Å². The van der Waals surface area contributed by atoms with Crippen LogP contribution in [0.25, 0.3) is 21.5 Å². The van der Waals surface area contributed by atoms with Crippen molar-refractivity contribution in [3.05, 3.63) is 312 Å². The molecule has 0 amide bonds. The summed E-state index contributed by atoms with van der Waals surface area (Å²) in [7, 11) is 8.83. The summed E-state index contributed by atoms with van der Waals surface area (Å²) in [5, 5.41) is 2.28. The number of hydrogen-bond acceptors (Lipinski definition) is 14. The third-order valence-electron chi connectivity index (χ3n) is 17.2. The molecule has 4 aliphatic rings. The van der Waals surface area contributed by atoms with E-state index in [4.69, 9.17) is 76.4 Å². The van der Waals surface area contributed by atoms with Crippen molar-refractivity contribution < 1.29 is 37.9 Å². The molecule has 0 atom stereocenters. The van der Waals surface area contributed by atoms with Crippen molar-refractivity contribution in [3.8, 4) is 92.0 Å². The number of amidine groups is 4. The van der Waals surface area contributed by atoms with Crippen LogP contribution < -0.4 is 48.9 Å². The molecule has 514 valence electrons. The fraction of sp³-hybridized carbons (Fsp3) is 0. The molecule has 6 heterocycles. The van der Waals surface area contributed by atoms with Crippen LogP contribution in [0.3, 0.4) is 0 Å². The molecular formula is C80H40Br8ClInN8O8. The van der Waals surface area contributed by atoms with Gasteiger partial charge < -0.3 is 0 Å². The van der Waals surface area contributed by atoms with Crippen LogP contribution in [-0.2, 0) is 0 Å². The first-order valence-electron chi connectivity index (χ1n) is 32.3. The van der Waals surface area contributed by atoms with Gasteiger partial charge in [-0.3, -0.25) is 0 Å².